The maximum Gasteiger partial charge on any atom is 0.321 e. The SMILES string of the molecule is CNC(=O)N(CCC(=O)O)c1ccc(C)cc1. The van der Waals surface area contributed by atoms with Gasteiger partial charge < -0.3 is 10.4 Å². The Hall–Kier alpha value is -2.04. The highest BCUT2D eigenvalue weighted by molar-refractivity contribution is 5.92. The van der Waals surface area contributed by atoms with E-state index in [0.717, 1.165) is 5.56 Å². The van der Waals surface area contributed by atoms with Crippen molar-refractivity contribution < 1.29 is 14.7 Å². The molecule has 1 rings (SSSR count). The van der Waals surface area contributed by atoms with Crippen LogP contribution in [0.1, 0.15) is 12.0 Å². The zero-order valence-electron chi connectivity index (χ0n) is 9.93. The van der Waals surface area contributed by atoms with Gasteiger partial charge in [-0.2, -0.15) is 0 Å². The van der Waals surface area contributed by atoms with Crippen LogP contribution in [0.3, 0.4) is 0 Å². The van der Waals surface area contributed by atoms with Crippen LogP contribution in [0, 0.1) is 6.92 Å². The number of carboxylic acid groups (broad SMARTS) is 1. The number of rotatable bonds is 4. The second-order valence-electron chi connectivity index (χ2n) is 3.69. The fraction of sp³-hybridized carbons (Fsp3) is 0.333. The zero-order valence-corrected chi connectivity index (χ0v) is 9.93. The summed E-state index contributed by atoms with van der Waals surface area (Å²) in [5.74, 6) is -0.925. The lowest BCUT2D eigenvalue weighted by Gasteiger charge is -2.21. The first-order valence-corrected chi connectivity index (χ1v) is 5.32. The van der Waals surface area contributed by atoms with E-state index in [1.807, 2.05) is 19.1 Å². The highest BCUT2D eigenvalue weighted by Crippen LogP contribution is 2.15. The third-order valence-electron chi connectivity index (χ3n) is 2.35. The Kier molecular flexibility index (Phi) is 4.51. The molecular formula is C12H16N2O3. The Morgan fingerprint density at radius 3 is 2.35 bits per heavy atom. The molecule has 5 heteroatoms. The summed E-state index contributed by atoms with van der Waals surface area (Å²) in [7, 11) is 1.52. The van der Waals surface area contributed by atoms with Crippen LogP contribution in [0.5, 0.6) is 0 Å². The normalized spacial score (nSPS) is 9.76. The summed E-state index contributed by atoms with van der Waals surface area (Å²) in [5.41, 5.74) is 1.78. The van der Waals surface area contributed by atoms with E-state index in [4.69, 9.17) is 5.11 Å². The number of urea groups is 1. The zero-order chi connectivity index (χ0) is 12.8. The summed E-state index contributed by atoms with van der Waals surface area (Å²) in [6.45, 7) is 2.10. The first kappa shape index (κ1) is 13.0. The van der Waals surface area contributed by atoms with Crippen LogP contribution in [0.4, 0.5) is 10.5 Å². The van der Waals surface area contributed by atoms with E-state index in [1.165, 1.54) is 11.9 Å². The predicted molar refractivity (Wildman–Crippen MR) is 65.2 cm³/mol. The Balaban J connectivity index is 2.85. The monoisotopic (exact) mass is 236 g/mol. The summed E-state index contributed by atoms with van der Waals surface area (Å²) < 4.78 is 0. The van der Waals surface area contributed by atoms with Crippen LogP contribution in [0.15, 0.2) is 24.3 Å². The molecule has 0 spiro atoms. The van der Waals surface area contributed by atoms with Crippen LogP contribution in [0.25, 0.3) is 0 Å². The van der Waals surface area contributed by atoms with Gasteiger partial charge in [0.1, 0.15) is 0 Å². The minimum absolute atomic E-state index is 0.0820. The highest BCUT2D eigenvalue weighted by atomic mass is 16.4. The number of nitrogens with one attached hydrogen (secondary N) is 1. The van der Waals surface area contributed by atoms with Crippen molar-refractivity contribution in [3.05, 3.63) is 29.8 Å². The van der Waals surface area contributed by atoms with E-state index < -0.39 is 5.97 Å². The maximum atomic E-state index is 11.6. The molecule has 0 saturated carbocycles. The van der Waals surface area contributed by atoms with Gasteiger partial charge in [-0.25, -0.2) is 4.79 Å². The first-order chi connectivity index (χ1) is 8.04. The Labute approximate surface area is 100 Å². The molecule has 0 bridgehead atoms. The minimum atomic E-state index is -0.925. The summed E-state index contributed by atoms with van der Waals surface area (Å²) >= 11 is 0. The van der Waals surface area contributed by atoms with Crippen molar-refractivity contribution in [2.45, 2.75) is 13.3 Å². The van der Waals surface area contributed by atoms with Gasteiger partial charge in [0.15, 0.2) is 0 Å². The van der Waals surface area contributed by atoms with Gasteiger partial charge >= 0.3 is 12.0 Å². The third kappa shape index (κ3) is 3.79. The van der Waals surface area contributed by atoms with E-state index in [1.54, 1.807) is 12.1 Å². The van der Waals surface area contributed by atoms with Gasteiger partial charge in [0.05, 0.1) is 6.42 Å². The second-order valence-corrected chi connectivity index (χ2v) is 3.69. The van der Waals surface area contributed by atoms with Crippen molar-refractivity contribution in [3.8, 4) is 0 Å². The van der Waals surface area contributed by atoms with Crippen LogP contribution in [-0.4, -0.2) is 30.7 Å². The molecule has 0 aliphatic carbocycles. The molecule has 2 N–H and O–H groups in total. The molecule has 0 heterocycles. The van der Waals surface area contributed by atoms with Crippen LogP contribution in [0.2, 0.25) is 0 Å². The van der Waals surface area contributed by atoms with Crippen molar-refractivity contribution in [1.82, 2.24) is 5.32 Å². The number of aryl methyl sites for hydroxylation is 1. The van der Waals surface area contributed by atoms with Gasteiger partial charge in [-0.3, -0.25) is 9.69 Å². The van der Waals surface area contributed by atoms with Gasteiger partial charge in [0.2, 0.25) is 0 Å². The average Bonchev–Trinajstić information content (AvgIpc) is 2.30. The molecule has 17 heavy (non-hydrogen) atoms. The van der Waals surface area contributed by atoms with E-state index >= 15 is 0 Å². The Morgan fingerprint density at radius 2 is 1.88 bits per heavy atom. The number of carboxylic acids is 1. The molecule has 0 unspecified atom stereocenters. The number of benzene rings is 1. The van der Waals surface area contributed by atoms with Crippen molar-refractivity contribution in [3.63, 3.8) is 0 Å². The molecule has 0 atom stereocenters. The van der Waals surface area contributed by atoms with E-state index in [-0.39, 0.29) is 19.0 Å². The predicted octanol–water partition coefficient (Wildman–Crippen LogP) is 1.62. The molecular weight excluding hydrogens is 220 g/mol. The minimum Gasteiger partial charge on any atom is -0.481 e. The lowest BCUT2D eigenvalue weighted by molar-refractivity contribution is -0.136. The number of amides is 2. The molecule has 0 saturated heterocycles. The van der Waals surface area contributed by atoms with Gasteiger partial charge in [-0.15, -0.1) is 0 Å². The van der Waals surface area contributed by atoms with Crippen molar-refractivity contribution in [2.24, 2.45) is 0 Å². The van der Waals surface area contributed by atoms with Gasteiger partial charge in [-0.05, 0) is 19.1 Å². The fourth-order valence-electron chi connectivity index (χ4n) is 1.42. The van der Waals surface area contributed by atoms with E-state index in [9.17, 15) is 9.59 Å². The Bertz CT molecular complexity index is 401. The third-order valence-corrected chi connectivity index (χ3v) is 2.35. The van der Waals surface area contributed by atoms with Crippen LogP contribution < -0.4 is 10.2 Å². The molecule has 0 aromatic heterocycles. The van der Waals surface area contributed by atoms with Gasteiger partial charge in [0, 0.05) is 19.3 Å². The lowest BCUT2D eigenvalue weighted by atomic mass is 10.2. The number of carbonyl (C=O) groups is 2. The lowest BCUT2D eigenvalue weighted by Crippen LogP contribution is -2.39. The Morgan fingerprint density at radius 1 is 1.29 bits per heavy atom. The molecule has 0 fully saturated rings. The number of hydrogen-bond acceptors (Lipinski definition) is 2. The van der Waals surface area contributed by atoms with Crippen molar-refractivity contribution in [2.75, 3.05) is 18.5 Å². The maximum absolute atomic E-state index is 11.6. The second kappa shape index (κ2) is 5.89. The summed E-state index contributed by atoms with van der Waals surface area (Å²) in [4.78, 5) is 23.6. The molecule has 1 aromatic carbocycles. The molecule has 1 aromatic rings. The standard InChI is InChI=1S/C12H16N2O3/c1-9-3-5-10(6-4-9)14(12(17)13-2)8-7-11(15)16/h3-6H,7-8H2,1-2H3,(H,13,17)(H,15,16). The van der Waals surface area contributed by atoms with Gasteiger partial charge in [0.25, 0.3) is 0 Å². The molecule has 0 aliphatic heterocycles. The van der Waals surface area contributed by atoms with E-state index in [2.05, 4.69) is 5.32 Å². The number of hydrogen-bond donors (Lipinski definition) is 2. The smallest absolute Gasteiger partial charge is 0.321 e. The molecule has 0 aliphatic rings. The number of carbonyl (C=O) groups excluding carboxylic acids is 1. The average molecular weight is 236 g/mol. The molecule has 5 nitrogen and oxygen atoms in total. The van der Waals surface area contributed by atoms with Crippen molar-refractivity contribution >= 4 is 17.7 Å². The molecule has 92 valence electrons. The van der Waals surface area contributed by atoms with Gasteiger partial charge in [-0.1, -0.05) is 17.7 Å². The first-order valence-electron chi connectivity index (χ1n) is 5.32. The van der Waals surface area contributed by atoms with Crippen LogP contribution in [-0.2, 0) is 4.79 Å². The summed E-state index contributed by atoms with van der Waals surface area (Å²) in [6, 6.07) is 7.05. The van der Waals surface area contributed by atoms with Crippen molar-refractivity contribution in [1.29, 1.82) is 0 Å². The highest BCUT2D eigenvalue weighted by Gasteiger charge is 2.15. The summed E-state index contributed by atoms with van der Waals surface area (Å²) in [6.07, 6.45) is -0.0820. The molecule has 0 radical (unpaired) electrons. The quantitative estimate of drug-likeness (QED) is 0.834. The van der Waals surface area contributed by atoms with E-state index in [0.29, 0.717) is 5.69 Å². The fourth-order valence-corrected chi connectivity index (χ4v) is 1.42. The van der Waals surface area contributed by atoms with Crippen LogP contribution >= 0.6 is 0 Å². The number of anilines is 1. The summed E-state index contributed by atoms with van der Waals surface area (Å²) in [5, 5.41) is 11.1. The molecule has 2 amide bonds. The number of aliphatic carboxylic acids is 1. The number of nitrogens with zero attached hydrogens (tertiary/aromatic N) is 1. The topological polar surface area (TPSA) is 69.6 Å². The largest absolute Gasteiger partial charge is 0.481 e.